The number of nitrogens with zero attached hydrogens (tertiary/aromatic N) is 2. The van der Waals surface area contributed by atoms with Crippen molar-refractivity contribution in [2.24, 2.45) is 0 Å². The van der Waals surface area contributed by atoms with E-state index in [1.165, 1.54) is 28.4 Å². The monoisotopic (exact) mass is 547 g/mol. The Morgan fingerprint density at radius 3 is 2.26 bits per heavy atom. The average molecular weight is 548 g/mol. The van der Waals surface area contributed by atoms with E-state index in [1.807, 2.05) is 0 Å². The van der Waals surface area contributed by atoms with Crippen molar-refractivity contribution in [1.82, 2.24) is 10.2 Å². The van der Waals surface area contributed by atoms with Crippen molar-refractivity contribution in [3.05, 3.63) is 59.9 Å². The largest absolute Gasteiger partial charge is 0.497 e. The SMILES string of the molecule is COc1ccc(N(CCCC(=O)N(Cc2ccc(F)cc2)C(C)C(=O)NC2CCCCC2)S(C)(=O)=O)cc1. The number of sulfonamides is 1. The number of nitrogens with one attached hydrogen (secondary N) is 1. The zero-order valence-electron chi connectivity index (χ0n) is 22.4. The first kappa shape index (κ1) is 29.4. The molecule has 0 spiro atoms. The van der Waals surface area contributed by atoms with E-state index in [0.29, 0.717) is 17.0 Å². The molecular formula is C28H38FN3O5S. The van der Waals surface area contributed by atoms with Crippen LogP contribution in [0.2, 0.25) is 0 Å². The maximum Gasteiger partial charge on any atom is 0.242 e. The van der Waals surface area contributed by atoms with Crippen LogP contribution in [0.15, 0.2) is 48.5 Å². The summed E-state index contributed by atoms with van der Waals surface area (Å²) in [6.45, 7) is 1.94. The molecule has 0 aromatic heterocycles. The number of rotatable bonds is 12. The minimum Gasteiger partial charge on any atom is -0.497 e. The van der Waals surface area contributed by atoms with Gasteiger partial charge in [0.2, 0.25) is 21.8 Å². The Hall–Kier alpha value is -3.14. The van der Waals surface area contributed by atoms with Crippen molar-refractivity contribution < 1.29 is 27.1 Å². The van der Waals surface area contributed by atoms with Crippen molar-refractivity contribution in [3.63, 3.8) is 0 Å². The molecule has 1 unspecified atom stereocenters. The summed E-state index contributed by atoms with van der Waals surface area (Å²) in [5.41, 5.74) is 1.18. The van der Waals surface area contributed by atoms with Gasteiger partial charge in [0.1, 0.15) is 17.6 Å². The Kier molecular flexibility index (Phi) is 10.5. The highest BCUT2D eigenvalue weighted by molar-refractivity contribution is 7.92. The molecule has 1 fully saturated rings. The van der Waals surface area contributed by atoms with E-state index in [9.17, 15) is 22.4 Å². The molecule has 1 atom stereocenters. The van der Waals surface area contributed by atoms with E-state index in [2.05, 4.69) is 5.32 Å². The maximum atomic E-state index is 13.4. The zero-order valence-corrected chi connectivity index (χ0v) is 23.2. The van der Waals surface area contributed by atoms with Crippen LogP contribution in [0, 0.1) is 5.82 Å². The van der Waals surface area contributed by atoms with E-state index in [1.54, 1.807) is 43.3 Å². The third-order valence-electron chi connectivity index (χ3n) is 6.90. The number of hydrogen-bond acceptors (Lipinski definition) is 5. The summed E-state index contributed by atoms with van der Waals surface area (Å²) in [4.78, 5) is 28.0. The zero-order chi connectivity index (χ0) is 27.7. The number of carbonyl (C=O) groups is 2. The van der Waals surface area contributed by atoms with E-state index in [0.717, 1.165) is 38.4 Å². The first-order valence-electron chi connectivity index (χ1n) is 13.0. The highest BCUT2D eigenvalue weighted by Gasteiger charge is 2.28. The topological polar surface area (TPSA) is 96.0 Å². The van der Waals surface area contributed by atoms with Crippen LogP contribution >= 0.6 is 0 Å². The van der Waals surface area contributed by atoms with Gasteiger partial charge in [0, 0.05) is 25.6 Å². The standard InChI is InChI=1S/C28H38FN3O5S/c1-21(28(34)30-24-8-5-4-6-9-24)31(20-22-11-13-23(29)14-12-22)27(33)10-7-19-32(38(3,35)36)25-15-17-26(37-2)18-16-25/h11-18,21,24H,4-10,19-20H2,1-3H3,(H,30,34). The predicted octanol–water partition coefficient (Wildman–Crippen LogP) is 4.25. The van der Waals surface area contributed by atoms with E-state index >= 15 is 0 Å². The van der Waals surface area contributed by atoms with Crippen LogP contribution < -0.4 is 14.4 Å². The first-order valence-corrected chi connectivity index (χ1v) is 14.9. The lowest BCUT2D eigenvalue weighted by molar-refractivity contribution is -0.141. The summed E-state index contributed by atoms with van der Waals surface area (Å²) in [5, 5.41) is 3.08. The maximum absolute atomic E-state index is 13.4. The molecule has 0 saturated heterocycles. The molecule has 38 heavy (non-hydrogen) atoms. The van der Waals surface area contributed by atoms with Crippen molar-refractivity contribution >= 4 is 27.5 Å². The molecule has 0 aliphatic heterocycles. The van der Waals surface area contributed by atoms with Gasteiger partial charge in [-0.15, -0.1) is 0 Å². The van der Waals surface area contributed by atoms with Gasteiger partial charge in [0.05, 0.1) is 19.1 Å². The first-order chi connectivity index (χ1) is 18.1. The molecule has 1 N–H and O–H groups in total. The number of halogens is 1. The van der Waals surface area contributed by atoms with Crippen LogP contribution in [-0.4, -0.2) is 57.1 Å². The molecule has 208 valence electrons. The fourth-order valence-corrected chi connectivity index (χ4v) is 5.66. The van der Waals surface area contributed by atoms with Crippen LogP contribution in [0.25, 0.3) is 0 Å². The van der Waals surface area contributed by atoms with Gasteiger partial charge in [-0.1, -0.05) is 31.4 Å². The lowest BCUT2D eigenvalue weighted by Gasteiger charge is -2.31. The molecule has 10 heteroatoms. The molecule has 2 aromatic rings. The Balaban J connectivity index is 1.70. The normalized spacial score (nSPS) is 14.9. The molecule has 2 aromatic carbocycles. The number of amides is 2. The van der Waals surface area contributed by atoms with Crippen LogP contribution in [0.4, 0.5) is 10.1 Å². The third kappa shape index (κ3) is 8.44. The van der Waals surface area contributed by atoms with Crippen LogP contribution in [0.3, 0.4) is 0 Å². The Labute approximate surface area is 225 Å². The highest BCUT2D eigenvalue weighted by Crippen LogP contribution is 2.23. The second-order valence-corrected chi connectivity index (χ2v) is 11.7. The summed E-state index contributed by atoms with van der Waals surface area (Å²) in [6, 6.07) is 11.9. The summed E-state index contributed by atoms with van der Waals surface area (Å²) in [6.07, 6.45) is 6.59. The van der Waals surface area contributed by atoms with E-state index in [4.69, 9.17) is 4.74 Å². The van der Waals surface area contributed by atoms with Gasteiger partial charge in [0.15, 0.2) is 0 Å². The van der Waals surface area contributed by atoms with E-state index in [-0.39, 0.29) is 49.6 Å². The van der Waals surface area contributed by atoms with E-state index < -0.39 is 16.1 Å². The minimum absolute atomic E-state index is 0.0460. The molecule has 0 bridgehead atoms. The van der Waals surface area contributed by atoms with Gasteiger partial charge in [-0.2, -0.15) is 0 Å². The number of hydrogen-bond donors (Lipinski definition) is 1. The van der Waals surface area contributed by atoms with Crippen molar-refractivity contribution in [2.75, 3.05) is 24.2 Å². The van der Waals surface area contributed by atoms with Crippen molar-refractivity contribution in [2.45, 2.75) is 70.5 Å². The molecule has 0 radical (unpaired) electrons. The summed E-state index contributed by atoms with van der Waals surface area (Å²) < 4.78 is 44.8. The predicted molar refractivity (Wildman–Crippen MR) is 146 cm³/mol. The molecule has 1 saturated carbocycles. The summed E-state index contributed by atoms with van der Waals surface area (Å²) in [5.74, 6) is -0.268. The lowest BCUT2D eigenvalue weighted by Crippen LogP contribution is -2.50. The summed E-state index contributed by atoms with van der Waals surface area (Å²) >= 11 is 0. The van der Waals surface area contributed by atoms with Crippen LogP contribution in [0.1, 0.15) is 57.4 Å². The molecule has 1 aliphatic carbocycles. The number of methoxy groups -OCH3 is 1. The smallest absolute Gasteiger partial charge is 0.242 e. The fraction of sp³-hybridized carbons (Fsp3) is 0.500. The molecule has 3 rings (SSSR count). The number of benzene rings is 2. The molecule has 8 nitrogen and oxygen atoms in total. The molecule has 2 amide bonds. The van der Waals surface area contributed by atoms with Crippen LogP contribution in [-0.2, 0) is 26.2 Å². The molecule has 0 heterocycles. The highest BCUT2D eigenvalue weighted by atomic mass is 32.2. The van der Waals surface area contributed by atoms with Crippen LogP contribution in [0.5, 0.6) is 5.75 Å². The number of carbonyl (C=O) groups excluding carboxylic acids is 2. The van der Waals surface area contributed by atoms with Gasteiger partial charge in [-0.3, -0.25) is 13.9 Å². The lowest BCUT2D eigenvalue weighted by atomic mass is 9.95. The Morgan fingerprint density at radius 2 is 1.68 bits per heavy atom. The van der Waals surface area contributed by atoms with Gasteiger partial charge < -0.3 is 15.0 Å². The summed E-state index contributed by atoms with van der Waals surface area (Å²) in [7, 11) is -2.06. The van der Waals surface area contributed by atoms with Gasteiger partial charge in [0.25, 0.3) is 0 Å². The average Bonchev–Trinajstić information content (AvgIpc) is 2.90. The molecule has 1 aliphatic rings. The van der Waals surface area contributed by atoms with Gasteiger partial charge >= 0.3 is 0 Å². The van der Waals surface area contributed by atoms with Crippen molar-refractivity contribution in [3.8, 4) is 5.75 Å². The fourth-order valence-electron chi connectivity index (χ4n) is 4.69. The van der Waals surface area contributed by atoms with Gasteiger partial charge in [-0.25, -0.2) is 12.8 Å². The number of ether oxygens (including phenoxy) is 1. The number of anilines is 1. The molecular weight excluding hydrogens is 509 g/mol. The quantitative estimate of drug-likeness (QED) is 0.429. The Morgan fingerprint density at radius 1 is 1.05 bits per heavy atom. The third-order valence-corrected chi connectivity index (χ3v) is 8.09. The second-order valence-electron chi connectivity index (χ2n) is 9.80. The van der Waals surface area contributed by atoms with Gasteiger partial charge in [-0.05, 0) is 68.1 Å². The van der Waals surface area contributed by atoms with Crippen molar-refractivity contribution in [1.29, 1.82) is 0 Å². The Bertz CT molecular complexity index is 1170. The minimum atomic E-state index is -3.59. The second kappa shape index (κ2) is 13.6.